The normalized spacial score (nSPS) is 11.9. The summed E-state index contributed by atoms with van der Waals surface area (Å²) < 4.78 is 11.5. The molecule has 6 heteroatoms. The Morgan fingerprint density at radius 1 is 1.19 bits per heavy atom. The van der Waals surface area contributed by atoms with Crippen LogP contribution >= 0.6 is 0 Å². The van der Waals surface area contributed by atoms with Crippen LogP contribution in [0.5, 0.6) is 5.75 Å². The highest BCUT2D eigenvalue weighted by Crippen LogP contribution is 2.29. The molecule has 0 fully saturated rings. The summed E-state index contributed by atoms with van der Waals surface area (Å²) in [5.74, 6) is 0.144. The lowest BCUT2D eigenvalue weighted by molar-refractivity contribution is -0.119. The molecule has 3 aromatic rings. The Labute approximate surface area is 157 Å². The maximum atomic E-state index is 12.7. The van der Waals surface area contributed by atoms with E-state index in [-0.39, 0.29) is 0 Å². The van der Waals surface area contributed by atoms with Crippen molar-refractivity contribution in [3.05, 3.63) is 65.4 Å². The van der Waals surface area contributed by atoms with Gasteiger partial charge in [-0.15, -0.1) is 0 Å². The summed E-state index contributed by atoms with van der Waals surface area (Å²) >= 11 is 0. The van der Waals surface area contributed by atoms with Gasteiger partial charge in [-0.25, -0.2) is 0 Å². The van der Waals surface area contributed by atoms with E-state index in [1.54, 1.807) is 32.0 Å². The molecular formula is C21H22N2O4. The average molecular weight is 366 g/mol. The molecule has 6 nitrogen and oxygen atoms in total. The zero-order valence-corrected chi connectivity index (χ0v) is 15.3. The van der Waals surface area contributed by atoms with Crippen molar-refractivity contribution in [2.45, 2.75) is 32.9 Å². The van der Waals surface area contributed by atoms with Gasteiger partial charge in [-0.2, -0.15) is 0 Å². The molecule has 3 rings (SSSR count). The third-order valence-corrected chi connectivity index (χ3v) is 4.37. The number of hydrogen-bond donors (Lipinski definition) is 2. The van der Waals surface area contributed by atoms with Crippen LogP contribution in [0.4, 0.5) is 0 Å². The van der Waals surface area contributed by atoms with Gasteiger partial charge < -0.3 is 20.2 Å². The van der Waals surface area contributed by atoms with Crippen molar-refractivity contribution >= 4 is 22.8 Å². The van der Waals surface area contributed by atoms with E-state index >= 15 is 0 Å². The number of carbonyl (C=O) groups is 2. The fourth-order valence-electron chi connectivity index (χ4n) is 2.92. The second-order valence-electron chi connectivity index (χ2n) is 6.30. The Balaban J connectivity index is 1.86. The van der Waals surface area contributed by atoms with Crippen LogP contribution in [0.25, 0.3) is 11.0 Å². The van der Waals surface area contributed by atoms with Crippen LogP contribution < -0.4 is 15.8 Å². The Hall–Kier alpha value is -3.28. The van der Waals surface area contributed by atoms with Crippen molar-refractivity contribution in [1.29, 1.82) is 0 Å². The molecule has 0 aliphatic carbocycles. The third-order valence-electron chi connectivity index (χ3n) is 4.37. The fourth-order valence-corrected chi connectivity index (χ4v) is 2.92. The molecule has 0 aliphatic rings. The molecule has 27 heavy (non-hydrogen) atoms. The molecule has 1 aromatic heterocycles. The summed E-state index contributed by atoms with van der Waals surface area (Å²) in [6.45, 7) is 3.92. The zero-order chi connectivity index (χ0) is 19.4. The van der Waals surface area contributed by atoms with E-state index in [1.165, 1.54) is 0 Å². The lowest BCUT2D eigenvalue weighted by Gasteiger charge is -2.13. The summed E-state index contributed by atoms with van der Waals surface area (Å²) in [7, 11) is 0. The summed E-state index contributed by atoms with van der Waals surface area (Å²) in [5.41, 5.74) is 7.33. The number of nitrogens with one attached hydrogen (secondary N) is 1. The number of amides is 2. The van der Waals surface area contributed by atoms with Gasteiger partial charge in [-0.1, -0.05) is 37.3 Å². The van der Waals surface area contributed by atoms with E-state index < -0.39 is 17.9 Å². The van der Waals surface area contributed by atoms with E-state index in [4.69, 9.17) is 14.9 Å². The third kappa shape index (κ3) is 4.11. The Bertz CT molecular complexity index is 963. The summed E-state index contributed by atoms with van der Waals surface area (Å²) in [6.07, 6.45) is 0.418. The van der Waals surface area contributed by atoms with E-state index in [0.29, 0.717) is 41.1 Å². The predicted molar refractivity (Wildman–Crippen MR) is 102 cm³/mol. The van der Waals surface area contributed by atoms with E-state index in [0.717, 1.165) is 5.56 Å². The standard InChI is InChI=1S/C21H22N2O4/c1-3-17(20(22)24)23-21(25)19-13(2)27-18-10-9-15(11-16(18)19)26-12-14-7-5-4-6-8-14/h4-11,17H,3,12H2,1-2H3,(H2,22,24)(H,23,25). The highest BCUT2D eigenvalue weighted by atomic mass is 16.5. The van der Waals surface area contributed by atoms with Gasteiger partial charge in [-0.3, -0.25) is 9.59 Å². The second-order valence-corrected chi connectivity index (χ2v) is 6.30. The minimum Gasteiger partial charge on any atom is -0.489 e. The van der Waals surface area contributed by atoms with Crippen molar-refractivity contribution in [2.75, 3.05) is 0 Å². The fraction of sp³-hybridized carbons (Fsp3) is 0.238. The van der Waals surface area contributed by atoms with Gasteiger partial charge in [0.2, 0.25) is 5.91 Å². The number of hydrogen-bond acceptors (Lipinski definition) is 4. The van der Waals surface area contributed by atoms with Crippen LogP contribution in [0.1, 0.15) is 35.0 Å². The molecule has 3 N–H and O–H groups in total. The number of rotatable bonds is 7. The molecule has 0 radical (unpaired) electrons. The number of carbonyl (C=O) groups excluding carboxylic acids is 2. The minimum atomic E-state index is -0.723. The highest BCUT2D eigenvalue weighted by molar-refractivity contribution is 6.08. The maximum Gasteiger partial charge on any atom is 0.256 e. The van der Waals surface area contributed by atoms with Gasteiger partial charge in [0, 0.05) is 5.39 Å². The molecule has 0 spiro atoms. The van der Waals surface area contributed by atoms with Crippen molar-refractivity contribution in [1.82, 2.24) is 5.32 Å². The predicted octanol–water partition coefficient (Wildman–Crippen LogP) is 3.31. The summed E-state index contributed by atoms with van der Waals surface area (Å²) in [5, 5.41) is 3.30. The second kappa shape index (κ2) is 7.95. The molecule has 1 atom stereocenters. The number of aryl methyl sites for hydroxylation is 1. The Kier molecular flexibility index (Phi) is 5.45. The lowest BCUT2D eigenvalue weighted by Crippen LogP contribution is -2.44. The maximum absolute atomic E-state index is 12.7. The SMILES string of the molecule is CCC(NC(=O)c1c(C)oc2ccc(OCc3ccccc3)cc12)C(N)=O. The van der Waals surface area contributed by atoms with E-state index in [9.17, 15) is 9.59 Å². The highest BCUT2D eigenvalue weighted by Gasteiger charge is 2.23. The molecule has 2 amide bonds. The van der Waals surface area contributed by atoms with Crippen LogP contribution in [0.2, 0.25) is 0 Å². The van der Waals surface area contributed by atoms with Crippen LogP contribution in [0.3, 0.4) is 0 Å². The van der Waals surface area contributed by atoms with E-state index in [1.807, 2.05) is 30.3 Å². The van der Waals surface area contributed by atoms with Gasteiger partial charge in [0.25, 0.3) is 5.91 Å². The van der Waals surface area contributed by atoms with E-state index in [2.05, 4.69) is 5.32 Å². The quantitative estimate of drug-likeness (QED) is 0.671. The molecule has 0 aliphatic heterocycles. The minimum absolute atomic E-state index is 0.384. The van der Waals surface area contributed by atoms with Gasteiger partial charge in [-0.05, 0) is 37.1 Å². The molecule has 1 unspecified atom stereocenters. The molecule has 2 aromatic carbocycles. The van der Waals surface area contributed by atoms with Crippen molar-refractivity contribution in [3.8, 4) is 5.75 Å². The lowest BCUT2D eigenvalue weighted by atomic mass is 10.1. The first kappa shape index (κ1) is 18.5. The number of primary amides is 1. The van der Waals surface area contributed by atoms with Crippen LogP contribution in [-0.2, 0) is 11.4 Å². The summed E-state index contributed by atoms with van der Waals surface area (Å²) in [6, 6.07) is 14.4. The number of furan rings is 1. The van der Waals surface area contributed by atoms with Gasteiger partial charge in [0.05, 0.1) is 5.56 Å². The number of benzene rings is 2. The Morgan fingerprint density at radius 3 is 2.59 bits per heavy atom. The van der Waals surface area contributed by atoms with Gasteiger partial charge in [0.15, 0.2) is 0 Å². The number of ether oxygens (including phenoxy) is 1. The molecule has 0 saturated carbocycles. The van der Waals surface area contributed by atoms with Gasteiger partial charge in [0.1, 0.15) is 29.7 Å². The van der Waals surface area contributed by atoms with Crippen molar-refractivity contribution < 1.29 is 18.7 Å². The smallest absolute Gasteiger partial charge is 0.256 e. The monoisotopic (exact) mass is 366 g/mol. The number of fused-ring (bicyclic) bond motifs is 1. The van der Waals surface area contributed by atoms with Crippen molar-refractivity contribution in [2.24, 2.45) is 5.73 Å². The largest absolute Gasteiger partial charge is 0.489 e. The van der Waals surface area contributed by atoms with Crippen molar-refractivity contribution in [3.63, 3.8) is 0 Å². The van der Waals surface area contributed by atoms with Crippen LogP contribution in [0.15, 0.2) is 52.9 Å². The first-order chi connectivity index (χ1) is 13.0. The molecule has 0 bridgehead atoms. The molecule has 140 valence electrons. The molecule has 0 saturated heterocycles. The first-order valence-electron chi connectivity index (χ1n) is 8.79. The molecule has 1 heterocycles. The Morgan fingerprint density at radius 2 is 1.93 bits per heavy atom. The number of nitrogens with two attached hydrogens (primary N) is 1. The average Bonchev–Trinajstić information content (AvgIpc) is 3.00. The van der Waals surface area contributed by atoms with Crippen LogP contribution in [0, 0.1) is 6.92 Å². The zero-order valence-electron chi connectivity index (χ0n) is 15.3. The van der Waals surface area contributed by atoms with Gasteiger partial charge >= 0.3 is 0 Å². The first-order valence-corrected chi connectivity index (χ1v) is 8.79. The van der Waals surface area contributed by atoms with Crippen LogP contribution in [-0.4, -0.2) is 17.9 Å². The molecular weight excluding hydrogens is 344 g/mol. The summed E-state index contributed by atoms with van der Waals surface area (Å²) in [4.78, 5) is 24.1. The topological polar surface area (TPSA) is 94.6 Å².